The minimum atomic E-state index is -1.54. The highest BCUT2D eigenvalue weighted by atomic mass is 32.2. The number of rotatable bonds is 13. The van der Waals surface area contributed by atoms with Gasteiger partial charge in [-0.15, -0.1) is 0 Å². The Labute approximate surface area is 227 Å². The molecular formula is C26H29N5O7S. The molecule has 3 atom stereocenters. The molecule has 206 valence electrons. The van der Waals surface area contributed by atoms with Crippen LogP contribution in [-0.2, 0) is 25.6 Å². The van der Waals surface area contributed by atoms with Gasteiger partial charge in [0.05, 0.1) is 17.3 Å². The van der Waals surface area contributed by atoms with Crippen molar-refractivity contribution in [2.45, 2.75) is 37.4 Å². The summed E-state index contributed by atoms with van der Waals surface area (Å²) in [7, 11) is 0. The lowest BCUT2D eigenvalue weighted by molar-refractivity contribution is -0.142. The van der Waals surface area contributed by atoms with Crippen LogP contribution in [0.3, 0.4) is 0 Å². The molecule has 12 nitrogen and oxygen atoms in total. The molecule has 6 N–H and O–H groups in total. The fraction of sp³-hybridized carbons (Fsp3) is 0.308. The standard InChI is InChI=1S/C26H29N5O7S/c1-39-12-11-18(25(36)37)28-22(33)19(14-21(27)32)29-23(34)20(13-15-7-3-2-4-8-15)31-24(35)16-9-5-6-10-17(16)30-26(31)38/h2-10,18-20H,11-14H2,1H3,(H2,27,32)(H,28,33)(H,29,34)(H,30,38)(H,36,37)/t18-,19-,20-/m0/s1. The second-order valence-electron chi connectivity index (χ2n) is 8.77. The molecule has 39 heavy (non-hydrogen) atoms. The van der Waals surface area contributed by atoms with Crippen LogP contribution in [0.25, 0.3) is 10.9 Å². The molecule has 13 heteroatoms. The molecule has 0 aliphatic carbocycles. The smallest absolute Gasteiger partial charge is 0.329 e. The molecule has 0 unspecified atom stereocenters. The van der Waals surface area contributed by atoms with Crippen molar-refractivity contribution >= 4 is 46.4 Å². The lowest BCUT2D eigenvalue weighted by Gasteiger charge is -2.24. The highest BCUT2D eigenvalue weighted by Crippen LogP contribution is 2.14. The highest BCUT2D eigenvalue weighted by molar-refractivity contribution is 7.98. The van der Waals surface area contributed by atoms with Crippen molar-refractivity contribution in [3.05, 3.63) is 81.0 Å². The van der Waals surface area contributed by atoms with Gasteiger partial charge in [0, 0.05) is 6.42 Å². The van der Waals surface area contributed by atoms with Crippen LogP contribution in [0.1, 0.15) is 24.4 Å². The zero-order valence-corrected chi connectivity index (χ0v) is 21.9. The number of fused-ring (bicyclic) bond motifs is 1. The predicted octanol–water partition coefficient (Wildman–Crippen LogP) is 0.156. The lowest BCUT2D eigenvalue weighted by atomic mass is 10.0. The van der Waals surface area contributed by atoms with Crippen molar-refractivity contribution in [3.8, 4) is 0 Å². The number of hydrogen-bond acceptors (Lipinski definition) is 7. The van der Waals surface area contributed by atoms with Crippen LogP contribution in [0, 0.1) is 0 Å². The van der Waals surface area contributed by atoms with Gasteiger partial charge in [-0.25, -0.2) is 14.2 Å². The molecule has 0 radical (unpaired) electrons. The van der Waals surface area contributed by atoms with E-state index in [2.05, 4.69) is 15.6 Å². The number of amides is 3. The first-order chi connectivity index (χ1) is 18.6. The Kier molecular flexibility index (Phi) is 10.0. The number of thioether (sulfide) groups is 1. The molecule has 0 saturated heterocycles. The van der Waals surface area contributed by atoms with Gasteiger partial charge in [0.15, 0.2) is 0 Å². The number of carbonyl (C=O) groups is 4. The zero-order valence-electron chi connectivity index (χ0n) is 21.1. The molecule has 3 amide bonds. The van der Waals surface area contributed by atoms with Crippen LogP contribution in [-0.4, -0.2) is 62.4 Å². The first kappa shape index (κ1) is 29.2. The number of aliphatic carboxylic acids is 1. The SMILES string of the molecule is CSCC[C@H](NC(=O)[C@H](CC(N)=O)NC(=O)[C@H](Cc1ccccc1)n1c(=O)[nH]c2ccccc2c1=O)C(=O)O. The number of aromatic nitrogens is 2. The van der Waals surface area contributed by atoms with Crippen molar-refractivity contribution in [1.82, 2.24) is 20.2 Å². The Hall–Kier alpha value is -4.39. The molecule has 0 fully saturated rings. The molecule has 0 saturated carbocycles. The van der Waals surface area contributed by atoms with E-state index >= 15 is 0 Å². The maximum absolute atomic E-state index is 13.6. The second kappa shape index (κ2) is 13.4. The molecule has 0 bridgehead atoms. The number of hydrogen-bond donors (Lipinski definition) is 5. The molecule has 3 aromatic rings. The maximum Gasteiger partial charge on any atom is 0.329 e. The van der Waals surface area contributed by atoms with Crippen LogP contribution in [0.4, 0.5) is 0 Å². The Morgan fingerprint density at radius 1 is 0.974 bits per heavy atom. The number of primary amides is 1. The van der Waals surface area contributed by atoms with Crippen molar-refractivity contribution in [2.75, 3.05) is 12.0 Å². The van der Waals surface area contributed by atoms with Crippen LogP contribution in [0.15, 0.2) is 64.2 Å². The predicted molar refractivity (Wildman–Crippen MR) is 146 cm³/mol. The van der Waals surface area contributed by atoms with E-state index in [9.17, 15) is 33.9 Å². The minimum Gasteiger partial charge on any atom is -0.480 e. The van der Waals surface area contributed by atoms with Gasteiger partial charge in [0.1, 0.15) is 18.1 Å². The summed E-state index contributed by atoms with van der Waals surface area (Å²) in [5.74, 6) is -3.60. The number of nitrogens with zero attached hydrogens (tertiary/aromatic N) is 1. The van der Waals surface area contributed by atoms with Crippen LogP contribution in [0.2, 0.25) is 0 Å². The third-order valence-corrected chi connectivity index (χ3v) is 6.63. The number of carboxylic acid groups (broad SMARTS) is 1. The van der Waals surface area contributed by atoms with Gasteiger partial charge in [0.25, 0.3) is 5.56 Å². The summed E-state index contributed by atoms with van der Waals surface area (Å²) in [4.78, 5) is 78.9. The topological polar surface area (TPSA) is 193 Å². The molecule has 2 aromatic carbocycles. The number of benzene rings is 2. The summed E-state index contributed by atoms with van der Waals surface area (Å²) in [5, 5.41) is 14.4. The summed E-state index contributed by atoms with van der Waals surface area (Å²) >= 11 is 1.39. The third kappa shape index (κ3) is 7.57. The van der Waals surface area contributed by atoms with Crippen LogP contribution >= 0.6 is 11.8 Å². The average molecular weight is 556 g/mol. The van der Waals surface area contributed by atoms with Crippen molar-refractivity contribution in [2.24, 2.45) is 5.73 Å². The van der Waals surface area contributed by atoms with Gasteiger partial charge in [-0.1, -0.05) is 42.5 Å². The highest BCUT2D eigenvalue weighted by Gasteiger charge is 2.32. The van der Waals surface area contributed by atoms with E-state index in [0.717, 1.165) is 4.57 Å². The fourth-order valence-electron chi connectivity index (χ4n) is 4.04. The quantitative estimate of drug-likeness (QED) is 0.197. The van der Waals surface area contributed by atoms with E-state index in [4.69, 9.17) is 5.73 Å². The number of carbonyl (C=O) groups excluding carboxylic acids is 3. The van der Waals surface area contributed by atoms with Gasteiger partial charge in [-0.05, 0) is 36.1 Å². The Morgan fingerprint density at radius 3 is 2.26 bits per heavy atom. The summed E-state index contributed by atoms with van der Waals surface area (Å²) in [6.45, 7) is 0. The fourth-order valence-corrected chi connectivity index (χ4v) is 4.51. The molecule has 0 spiro atoms. The summed E-state index contributed by atoms with van der Waals surface area (Å²) in [5.41, 5.74) is 4.65. The first-order valence-electron chi connectivity index (χ1n) is 12.0. The molecule has 1 heterocycles. The Balaban J connectivity index is 2.00. The second-order valence-corrected chi connectivity index (χ2v) is 9.75. The lowest BCUT2D eigenvalue weighted by Crippen LogP contribution is -2.55. The van der Waals surface area contributed by atoms with Gasteiger partial charge in [0.2, 0.25) is 17.7 Å². The third-order valence-electron chi connectivity index (χ3n) is 5.99. The summed E-state index contributed by atoms with van der Waals surface area (Å²) < 4.78 is 0.766. The van der Waals surface area contributed by atoms with E-state index in [0.29, 0.717) is 16.8 Å². The van der Waals surface area contributed by atoms with Gasteiger partial charge in [-0.3, -0.25) is 19.2 Å². The summed E-state index contributed by atoms with van der Waals surface area (Å²) in [6.07, 6.45) is 1.16. The van der Waals surface area contributed by atoms with Crippen molar-refractivity contribution < 1.29 is 24.3 Å². The maximum atomic E-state index is 13.6. The van der Waals surface area contributed by atoms with Crippen LogP contribution in [0.5, 0.6) is 0 Å². The number of nitrogens with two attached hydrogens (primary N) is 1. The zero-order chi connectivity index (χ0) is 28.5. The van der Waals surface area contributed by atoms with Crippen LogP contribution < -0.4 is 27.6 Å². The summed E-state index contributed by atoms with van der Waals surface area (Å²) in [6, 6.07) is 10.7. The monoisotopic (exact) mass is 555 g/mol. The molecule has 1 aromatic heterocycles. The molecule has 0 aliphatic rings. The first-order valence-corrected chi connectivity index (χ1v) is 13.4. The number of H-pyrrole nitrogens is 1. The normalized spacial score (nSPS) is 13.3. The van der Waals surface area contributed by atoms with E-state index < -0.39 is 59.5 Å². The molecule has 3 rings (SSSR count). The number of para-hydroxylation sites is 1. The van der Waals surface area contributed by atoms with Gasteiger partial charge in [-0.2, -0.15) is 11.8 Å². The van der Waals surface area contributed by atoms with E-state index in [1.54, 1.807) is 54.8 Å². The molecular weight excluding hydrogens is 526 g/mol. The van der Waals surface area contributed by atoms with Crippen molar-refractivity contribution in [1.29, 1.82) is 0 Å². The largest absolute Gasteiger partial charge is 0.480 e. The van der Waals surface area contributed by atoms with Gasteiger partial charge >= 0.3 is 11.7 Å². The van der Waals surface area contributed by atoms with Crippen molar-refractivity contribution in [3.63, 3.8) is 0 Å². The Morgan fingerprint density at radius 2 is 1.62 bits per heavy atom. The molecule has 0 aliphatic heterocycles. The van der Waals surface area contributed by atoms with Gasteiger partial charge < -0.3 is 26.5 Å². The minimum absolute atomic E-state index is 0.0929. The number of nitrogens with one attached hydrogen (secondary N) is 3. The number of carboxylic acids is 1. The van der Waals surface area contributed by atoms with E-state index in [-0.39, 0.29) is 18.2 Å². The van der Waals surface area contributed by atoms with E-state index in [1.807, 2.05) is 0 Å². The van der Waals surface area contributed by atoms with E-state index in [1.165, 1.54) is 17.8 Å². The number of aromatic amines is 1. The average Bonchev–Trinajstić information content (AvgIpc) is 2.90. The Bertz CT molecular complexity index is 1470.